The van der Waals surface area contributed by atoms with Crippen molar-refractivity contribution >= 4 is 11.6 Å². The normalized spacial score (nSPS) is 11.0. The van der Waals surface area contributed by atoms with E-state index in [2.05, 4.69) is 56.3 Å². The predicted molar refractivity (Wildman–Crippen MR) is 113 cm³/mol. The fourth-order valence-corrected chi connectivity index (χ4v) is 3.62. The van der Waals surface area contributed by atoms with Gasteiger partial charge in [-0.3, -0.25) is 0 Å². The Hall–Kier alpha value is -1.27. The van der Waals surface area contributed by atoms with Crippen LogP contribution in [0.15, 0.2) is 42.5 Å². The number of rotatable bonds is 11. The van der Waals surface area contributed by atoms with Gasteiger partial charge in [0.15, 0.2) is 0 Å². The Morgan fingerprint density at radius 1 is 0.640 bits per heavy atom. The number of hydrogen-bond acceptors (Lipinski definition) is 0. The van der Waals surface area contributed by atoms with Crippen LogP contribution in [0.25, 0.3) is 11.1 Å². The molecule has 0 N–H and O–H groups in total. The van der Waals surface area contributed by atoms with E-state index in [1.165, 1.54) is 74.5 Å². The van der Waals surface area contributed by atoms with Crippen LogP contribution < -0.4 is 0 Å². The van der Waals surface area contributed by atoms with E-state index in [0.29, 0.717) is 0 Å². The highest BCUT2D eigenvalue weighted by molar-refractivity contribution is 6.33. The minimum atomic E-state index is 0.879. The Balaban J connectivity index is 1.93. The van der Waals surface area contributed by atoms with Crippen LogP contribution in [-0.2, 0) is 12.8 Å². The maximum Gasteiger partial charge on any atom is 0.0487 e. The van der Waals surface area contributed by atoms with E-state index in [1.807, 2.05) is 0 Å². The highest BCUT2D eigenvalue weighted by Gasteiger charge is 2.05. The molecule has 0 fully saturated rings. The summed E-state index contributed by atoms with van der Waals surface area (Å²) in [6.07, 6.45) is 12.8. The van der Waals surface area contributed by atoms with Gasteiger partial charge in [-0.2, -0.15) is 0 Å². The second-order valence-electron chi connectivity index (χ2n) is 7.13. The van der Waals surface area contributed by atoms with Crippen molar-refractivity contribution in [1.29, 1.82) is 0 Å². The van der Waals surface area contributed by atoms with Crippen molar-refractivity contribution < 1.29 is 0 Å². The molecule has 2 rings (SSSR count). The first-order valence-corrected chi connectivity index (χ1v) is 10.5. The SMILES string of the molecule is CCCCCCCc1ccc(-c2ccc(CCCCC)cc2)c(Cl)c1. The molecule has 0 aliphatic carbocycles. The van der Waals surface area contributed by atoms with Gasteiger partial charge in [-0.15, -0.1) is 0 Å². The van der Waals surface area contributed by atoms with Gasteiger partial charge < -0.3 is 0 Å². The summed E-state index contributed by atoms with van der Waals surface area (Å²) in [5.41, 5.74) is 5.16. The highest BCUT2D eigenvalue weighted by Crippen LogP contribution is 2.29. The van der Waals surface area contributed by atoms with E-state index in [1.54, 1.807) is 0 Å². The molecule has 0 aliphatic heterocycles. The second kappa shape index (κ2) is 11.4. The molecule has 25 heavy (non-hydrogen) atoms. The van der Waals surface area contributed by atoms with Crippen LogP contribution in [-0.4, -0.2) is 0 Å². The third kappa shape index (κ3) is 6.86. The van der Waals surface area contributed by atoms with E-state index in [0.717, 1.165) is 17.0 Å². The molecule has 0 unspecified atom stereocenters. The molecule has 0 saturated heterocycles. The summed E-state index contributed by atoms with van der Waals surface area (Å²) in [4.78, 5) is 0. The summed E-state index contributed by atoms with van der Waals surface area (Å²) in [6.45, 7) is 4.51. The summed E-state index contributed by atoms with van der Waals surface area (Å²) < 4.78 is 0. The molecule has 0 atom stereocenters. The van der Waals surface area contributed by atoms with Crippen molar-refractivity contribution in [1.82, 2.24) is 0 Å². The molecular weight excluding hydrogens is 324 g/mol. The van der Waals surface area contributed by atoms with Gasteiger partial charge in [0.2, 0.25) is 0 Å². The lowest BCUT2D eigenvalue weighted by Crippen LogP contribution is -1.89. The molecule has 0 radical (unpaired) electrons. The molecule has 0 aromatic heterocycles. The molecule has 1 heteroatoms. The van der Waals surface area contributed by atoms with Gasteiger partial charge in [0.25, 0.3) is 0 Å². The zero-order chi connectivity index (χ0) is 17.9. The summed E-state index contributed by atoms with van der Waals surface area (Å²) in [7, 11) is 0. The average molecular weight is 357 g/mol. The molecule has 0 amide bonds. The summed E-state index contributed by atoms with van der Waals surface area (Å²) in [6, 6.07) is 15.5. The smallest absolute Gasteiger partial charge is 0.0487 e. The Bertz CT molecular complexity index is 612. The summed E-state index contributed by atoms with van der Waals surface area (Å²) >= 11 is 6.57. The van der Waals surface area contributed by atoms with E-state index >= 15 is 0 Å². The van der Waals surface area contributed by atoms with Crippen molar-refractivity contribution in [3.05, 3.63) is 58.6 Å². The zero-order valence-electron chi connectivity index (χ0n) is 16.0. The Morgan fingerprint density at radius 3 is 1.88 bits per heavy atom. The number of unbranched alkanes of at least 4 members (excludes halogenated alkanes) is 6. The molecule has 2 aromatic carbocycles. The summed E-state index contributed by atoms with van der Waals surface area (Å²) in [5.74, 6) is 0. The maximum atomic E-state index is 6.57. The van der Waals surface area contributed by atoms with Gasteiger partial charge in [0.05, 0.1) is 0 Å². The number of hydrogen-bond donors (Lipinski definition) is 0. The van der Waals surface area contributed by atoms with Crippen molar-refractivity contribution in [2.45, 2.75) is 78.1 Å². The van der Waals surface area contributed by atoms with Crippen molar-refractivity contribution in [2.75, 3.05) is 0 Å². The van der Waals surface area contributed by atoms with E-state index in [9.17, 15) is 0 Å². The first-order valence-electron chi connectivity index (χ1n) is 10.1. The first-order chi connectivity index (χ1) is 12.2. The maximum absolute atomic E-state index is 6.57. The van der Waals surface area contributed by atoms with E-state index in [-0.39, 0.29) is 0 Å². The van der Waals surface area contributed by atoms with Crippen LogP contribution in [0.3, 0.4) is 0 Å². The molecule has 0 aliphatic rings. The largest absolute Gasteiger partial charge is 0.0837 e. The number of aryl methyl sites for hydroxylation is 2. The molecule has 0 nitrogen and oxygen atoms in total. The topological polar surface area (TPSA) is 0 Å². The third-order valence-electron chi connectivity index (χ3n) is 4.94. The molecule has 0 saturated carbocycles. The molecule has 2 aromatic rings. The highest BCUT2D eigenvalue weighted by atomic mass is 35.5. The van der Waals surface area contributed by atoms with Gasteiger partial charge in [-0.05, 0) is 48.4 Å². The van der Waals surface area contributed by atoms with Crippen LogP contribution in [0.2, 0.25) is 5.02 Å². The van der Waals surface area contributed by atoms with Gasteiger partial charge >= 0.3 is 0 Å². The lowest BCUT2D eigenvalue weighted by Gasteiger charge is -2.09. The average Bonchev–Trinajstić information content (AvgIpc) is 2.63. The fraction of sp³-hybridized carbons (Fsp3) is 0.500. The minimum absolute atomic E-state index is 0.879. The van der Waals surface area contributed by atoms with Crippen LogP contribution in [0.5, 0.6) is 0 Å². The van der Waals surface area contributed by atoms with Crippen molar-refractivity contribution in [3.8, 4) is 11.1 Å². The summed E-state index contributed by atoms with van der Waals surface area (Å²) in [5, 5.41) is 0.879. The lowest BCUT2D eigenvalue weighted by atomic mass is 9.99. The quantitative estimate of drug-likeness (QED) is 0.355. The number of benzene rings is 2. The van der Waals surface area contributed by atoms with Crippen LogP contribution in [0.1, 0.15) is 76.3 Å². The molecular formula is C24H33Cl. The molecule has 0 heterocycles. The lowest BCUT2D eigenvalue weighted by molar-refractivity contribution is 0.632. The first kappa shape index (κ1) is 20.0. The van der Waals surface area contributed by atoms with E-state index < -0.39 is 0 Å². The fourth-order valence-electron chi connectivity index (χ4n) is 3.31. The van der Waals surface area contributed by atoms with Gasteiger partial charge in [-0.1, -0.05) is 100 Å². The Morgan fingerprint density at radius 2 is 1.20 bits per heavy atom. The van der Waals surface area contributed by atoms with Crippen LogP contribution >= 0.6 is 11.6 Å². The minimum Gasteiger partial charge on any atom is -0.0837 e. The second-order valence-corrected chi connectivity index (χ2v) is 7.54. The number of halogens is 1. The van der Waals surface area contributed by atoms with Gasteiger partial charge in [0.1, 0.15) is 0 Å². The molecule has 0 bridgehead atoms. The predicted octanol–water partition coefficient (Wildman–Crippen LogP) is 8.25. The standard InChI is InChI=1S/C24H33Cl/c1-3-5-7-8-10-12-21-15-18-23(24(25)19-21)22-16-13-20(14-17-22)11-9-6-4-2/h13-19H,3-12H2,1-2H3. The molecule has 136 valence electrons. The third-order valence-corrected chi connectivity index (χ3v) is 5.25. The zero-order valence-corrected chi connectivity index (χ0v) is 16.7. The Kier molecular flexibility index (Phi) is 9.11. The van der Waals surface area contributed by atoms with Crippen molar-refractivity contribution in [2.24, 2.45) is 0 Å². The molecule has 0 spiro atoms. The van der Waals surface area contributed by atoms with E-state index in [4.69, 9.17) is 11.6 Å². The van der Waals surface area contributed by atoms with Crippen molar-refractivity contribution in [3.63, 3.8) is 0 Å². The monoisotopic (exact) mass is 356 g/mol. The van der Waals surface area contributed by atoms with Crippen LogP contribution in [0, 0.1) is 0 Å². The van der Waals surface area contributed by atoms with Gasteiger partial charge in [0, 0.05) is 10.6 Å². The van der Waals surface area contributed by atoms with Crippen LogP contribution in [0.4, 0.5) is 0 Å². The van der Waals surface area contributed by atoms with Gasteiger partial charge in [-0.25, -0.2) is 0 Å². The Labute approximate surface area is 159 Å².